The largest absolute Gasteiger partial charge is 0.480 e. The zero-order valence-corrected chi connectivity index (χ0v) is 14.4. The summed E-state index contributed by atoms with van der Waals surface area (Å²) in [6.07, 6.45) is 3.92. The molecule has 0 saturated carbocycles. The number of aromatic nitrogens is 3. The maximum atomic E-state index is 6.17. The highest BCUT2D eigenvalue weighted by Crippen LogP contribution is 2.41. The molecule has 2 aromatic heterocycles. The molecule has 124 valence electrons. The minimum absolute atomic E-state index is 0.0566. The van der Waals surface area contributed by atoms with Crippen molar-refractivity contribution in [1.29, 1.82) is 0 Å². The molecule has 0 N–H and O–H groups in total. The fourth-order valence-electron chi connectivity index (χ4n) is 3.58. The van der Waals surface area contributed by atoms with Crippen LogP contribution < -0.4 is 9.64 Å². The van der Waals surface area contributed by atoms with Gasteiger partial charge in [-0.1, -0.05) is 13.8 Å². The van der Waals surface area contributed by atoms with E-state index >= 15 is 0 Å². The molecule has 1 saturated heterocycles. The standard InChI is InChI=1S/C17H24N4O2/c1-10(2)11-6-18-20-7-13-16(19-15(11)20)21(17(3,4)5)12-8-22-9-14(12)23-13/h6-7,10,12,14H,8-9H2,1-5H3/t12-,14-/m1/s1. The van der Waals surface area contributed by atoms with E-state index in [0.717, 1.165) is 22.8 Å². The molecule has 4 heterocycles. The molecule has 2 aliphatic rings. The normalized spacial score (nSPS) is 24.0. The first-order valence-corrected chi connectivity index (χ1v) is 8.28. The van der Waals surface area contributed by atoms with Gasteiger partial charge in [-0.15, -0.1) is 0 Å². The van der Waals surface area contributed by atoms with Gasteiger partial charge in [-0.3, -0.25) is 0 Å². The second-order valence-electron chi connectivity index (χ2n) is 7.75. The average Bonchev–Trinajstić information content (AvgIpc) is 3.06. The van der Waals surface area contributed by atoms with Gasteiger partial charge in [0.1, 0.15) is 6.10 Å². The van der Waals surface area contributed by atoms with Crippen molar-refractivity contribution in [1.82, 2.24) is 14.6 Å². The predicted molar refractivity (Wildman–Crippen MR) is 88.3 cm³/mol. The van der Waals surface area contributed by atoms with Crippen molar-refractivity contribution in [3.63, 3.8) is 0 Å². The molecular weight excluding hydrogens is 292 g/mol. The Balaban J connectivity index is 1.92. The summed E-state index contributed by atoms with van der Waals surface area (Å²) in [6, 6.07) is 0.211. The van der Waals surface area contributed by atoms with Crippen LogP contribution in [0.1, 0.15) is 46.1 Å². The van der Waals surface area contributed by atoms with Crippen LogP contribution in [0.4, 0.5) is 5.82 Å². The van der Waals surface area contributed by atoms with Gasteiger partial charge in [0.15, 0.2) is 17.2 Å². The zero-order chi connectivity index (χ0) is 16.4. The number of hydrogen-bond donors (Lipinski definition) is 0. The molecule has 0 amide bonds. The van der Waals surface area contributed by atoms with E-state index in [2.05, 4.69) is 44.6 Å². The maximum Gasteiger partial charge on any atom is 0.180 e. The molecule has 0 aromatic carbocycles. The van der Waals surface area contributed by atoms with Crippen molar-refractivity contribution >= 4 is 11.5 Å². The van der Waals surface area contributed by atoms with Gasteiger partial charge >= 0.3 is 0 Å². The molecular formula is C17H24N4O2. The van der Waals surface area contributed by atoms with Crippen LogP contribution in [-0.4, -0.2) is 45.5 Å². The van der Waals surface area contributed by atoms with Gasteiger partial charge in [0.05, 0.1) is 31.6 Å². The Morgan fingerprint density at radius 3 is 2.74 bits per heavy atom. The SMILES string of the molecule is CC(C)c1cnn2cc3c(nc12)N(C(C)(C)C)[C@@H]1COC[C@H]1O3. The van der Waals surface area contributed by atoms with Crippen LogP contribution in [0, 0.1) is 0 Å². The van der Waals surface area contributed by atoms with Crippen molar-refractivity contribution in [3.05, 3.63) is 18.0 Å². The Morgan fingerprint density at radius 2 is 2.04 bits per heavy atom. The maximum absolute atomic E-state index is 6.17. The number of hydrogen-bond acceptors (Lipinski definition) is 5. The first kappa shape index (κ1) is 14.8. The van der Waals surface area contributed by atoms with Gasteiger partial charge in [-0.2, -0.15) is 5.10 Å². The molecule has 0 aliphatic carbocycles. The number of rotatable bonds is 1. The highest BCUT2D eigenvalue weighted by molar-refractivity contribution is 5.63. The first-order valence-electron chi connectivity index (χ1n) is 8.28. The summed E-state index contributed by atoms with van der Waals surface area (Å²) in [4.78, 5) is 7.31. The minimum Gasteiger partial charge on any atom is -0.480 e. The van der Waals surface area contributed by atoms with E-state index in [0.29, 0.717) is 19.1 Å². The summed E-state index contributed by atoms with van der Waals surface area (Å²) in [6.45, 7) is 12.3. The van der Waals surface area contributed by atoms with Gasteiger partial charge in [-0.25, -0.2) is 9.50 Å². The van der Waals surface area contributed by atoms with Crippen LogP contribution in [0.2, 0.25) is 0 Å². The quantitative estimate of drug-likeness (QED) is 0.809. The summed E-state index contributed by atoms with van der Waals surface area (Å²) < 4.78 is 13.7. The number of fused-ring (bicyclic) bond motifs is 3. The molecule has 0 unspecified atom stereocenters. The Bertz CT molecular complexity index is 747. The summed E-state index contributed by atoms with van der Waals surface area (Å²) >= 11 is 0. The van der Waals surface area contributed by atoms with Crippen LogP contribution in [-0.2, 0) is 4.74 Å². The van der Waals surface area contributed by atoms with E-state index in [-0.39, 0.29) is 17.7 Å². The summed E-state index contributed by atoms with van der Waals surface area (Å²) in [5, 5.41) is 4.45. The monoisotopic (exact) mass is 316 g/mol. The van der Waals surface area contributed by atoms with Crippen LogP contribution in [0.5, 0.6) is 5.75 Å². The van der Waals surface area contributed by atoms with Crippen LogP contribution in [0.25, 0.3) is 5.65 Å². The second kappa shape index (κ2) is 4.84. The Hall–Kier alpha value is -1.82. The van der Waals surface area contributed by atoms with E-state index in [1.54, 1.807) is 0 Å². The molecule has 6 nitrogen and oxygen atoms in total. The third-order valence-electron chi connectivity index (χ3n) is 4.65. The Kier molecular flexibility index (Phi) is 3.10. The molecule has 0 spiro atoms. The first-order chi connectivity index (χ1) is 10.9. The summed E-state index contributed by atoms with van der Waals surface area (Å²) in [5.74, 6) is 2.07. The number of anilines is 1. The summed E-state index contributed by atoms with van der Waals surface area (Å²) in [5.41, 5.74) is 2.01. The molecule has 4 rings (SSSR count). The van der Waals surface area contributed by atoms with Gasteiger partial charge in [0.2, 0.25) is 0 Å². The topological polar surface area (TPSA) is 51.9 Å². The minimum atomic E-state index is -0.0570. The molecule has 2 atom stereocenters. The van der Waals surface area contributed by atoms with Gasteiger partial charge in [0.25, 0.3) is 0 Å². The smallest absolute Gasteiger partial charge is 0.180 e. The molecule has 2 aliphatic heterocycles. The van der Waals surface area contributed by atoms with Gasteiger partial charge in [-0.05, 0) is 26.7 Å². The van der Waals surface area contributed by atoms with E-state index < -0.39 is 0 Å². The lowest BCUT2D eigenvalue weighted by atomic mass is 9.99. The van der Waals surface area contributed by atoms with Crippen molar-refractivity contribution in [2.45, 2.75) is 58.2 Å². The van der Waals surface area contributed by atoms with Crippen molar-refractivity contribution < 1.29 is 9.47 Å². The molecule has 1 fully saturated rings. The summed E-state index contributed by atoms with van der Waals surface area (Å²) in [7, 11) is 0. The van der Waals surface area contributed by atoms with Crippen LogP contribution in [0.3, 0.4) is 0 Å². The molecule has 6 heteroatoms. The number of nitrogens with zero attached hydrogens (tertiary/aromatic N) is 4. The van der Waals surface area contributed by atoms with E-state index in [1.807, 2.05) is 16.9 Å². The lowest BCUT2D eigenvalue weighted by molar-refractivity contribution is 0.133. The van der Waals surface area contributed by atoms with Crippen LogP contribution >= 0.6 is 0 Å². The second-order valence-corrected chi connectivity index (χ2v) is 7.75. The Morgan fingerprint density at radius 1 is 1.26 bits per heavy atom. The lowest BCUT2D eigenvalue weighted by Crippen LogP contribution is -2.57. The van der Waals surface area contributed by atoms with Crippen molar-refractivity contribution in [3.8, 4) is 5.75 Å². The molecule has 2 aromatic rings. The number of ether oxygens (including phenoxy) is 2. The molecule has 0 bridgehead atoms. The lowest BCUT2D eigenvalue weighted by Gasteiger charge is -2.46. The van der Waals surface area contributed by atoms with Gasteiger partial charge in [0, 0.05) is 11.1 Å². The highest BCUT2D eigenvalue weighted by Gasteiger charge is 2.45. The van der Waals surface area contributed by atoms with Crippen LogP contribution in [0.15, 0.2) is 12.4 Å². The third-order valence-corrected chi connectivity index (χ3v) is 4.65. The van der Waals surface area contributed by atoms with Gasteiger partial charge < -0.3 is 14.4 Å². The van der Waals surface area contributed by atoms with E-state index in [4.69, 9.17) is 14.5 Å². The third kappa shape index (κ3) is 2.19. The molecule has 0 radical (unpaired) electrons. The van der Waals surface area contributed by atoms with E-state index in [1.165, 1.54) is 0 Å². The Labute approximate surface area is 136 Å². The zero-order valence-electron chi connectivity index (χ0n) is 14.4. The van der Waals surface area contributed by atoms with Crippen molar-refractivity contribution in [2.75, 3.05) is 18.1 Å². The van der Waals surface area contributed by atoms with Crippen molar-refractivity contribution in [2.24, 2.45) is 0 Å². The highest BCUT2D eigenvalue weighted by atomic mass is 16.6. The molecule has 23 heavy (non-hydrogen) atoms. The fourth-order valence-corrected chi connectivity index (χ4v) is 3.58. The fraction of sp³-hybridized carbons (Fsp3) is 0.647. The predicted octanol–water partition coefficient (Wildman–Crippen LogP) is 2.62. The average molecular weight is 316 g/mol. The van der Waals surface area contributed by atoms with E-state index in [9.17, 15) is 0 Å².